The van der Waals surface area contributed by atoms with Gasteiger partial charge in [-0.2, -0.15) is 0 Å². The Balaban J connectivity index is 1.84. The Morgan fingerprint density at radius 3 is 2.64 bits per heavy atom. The third-order valence-electron chi connectivity index (χ3n) is 5.03. The maximum absolute atomic E-state index is 13.7. The lowest BCUT2D eigenvalue weighted by atomic mass is 9.99. The van der Waals surface area contributed by atoms with Gasteiger partial charge in [-0.25, -0.2) is 4.39 Å². The monoisotopic (exact) mass is 340 g/mol. The standard InChI is InChI=1S/C21H25FN2O/c1-15-14-18(8-9-20(15)22)24(13-11-17-6-4-3-5-7-17)21(25)19-10-12-23-16(19)2/h3-9,14,16,19,23H,10-13H2,1-2H3/t16-,19-/m0/s1. The summed E-state index contributed by atoms with van der Waals surface area (Å²) >= 11 is 0. The minimum Gasteiger partial charge on any atom is -0.313 e. The van der Waals surface area contributed by atoms with Crippen LogP contribution in [-0.4, -0.2) is 25.0 Å². The van der Waals surface area contributed by atoms with E-state index in [2.05, 4.69) is 24.4 Å². The van der Waals surface area contributed by atoms with E-state index in [4.69, 9.17) is 0 Å². The second-order valence-corrected chi connectivity index (χ2v) is 6.80. The van der Waals surface area contributed by atoms with E-state index in [-0.39, 0.29) is 23.7 Å². The van der Waals surface area contributed by atoms with Gasteiger partial charge in [0.15, 0.2) is 0 Å². The molecule has 0 unspecified atom stereocenters. The first-order chi connectivity index (χ1) is 12.1. The highest BCUT2D eigenvalue weighted by Crippen LogP contribution is 2.25. The molecule has 132 valence electrons. The predicted molar refractivity (Wildman–Crippen MR) is 99.2 cm³/mol. The maximum Gasteiger partial charge on any atom is 0.231 e. The number of halogens is 1. The minimum atomic E-state index is -0.241. The normalized spacial score (nSPS) is 19.8. The van der Waals surface area contributed by atoms with Gasteiger partial charge in [-0.1, -0.05) is 30.3 Å². The second kappa shape index (κ2) is 7.79. The van der Waals surface area contributed by atoms with Crippen molar-refractivity contribution in [1.29, 1.82) is 0 Å². The van der Waals surface area contributed by atoms with Crippen LogP contribution in [0.4, 0.5) is 10.1 Å². The van der Waals surface area contributed by atoms with E-state index < -0.39 is 0 Å². The van der Waals surface area contributed by atoms with E-state index in [1.807, 2.05) is 23.1 Å². The van der Waals surface area contributed by atoms with E-state index in [0.717, 1.165) is 25.1 Å². The number of hydrogen-bond acceptors (Lipinski definition) is 2. The molecule has 1 aliphatic heterocycles. The van der Waals surface area contributed by atoms with E-state index in [1.54, 1.807) is 19.1 Å². The van der Waals surface area contributed by atoms with Crippen molar-refractivity contribution >= 4 is 11.6 Å². The molecule has 1 fully saturated rings. The molecule has 3 rings (SSSR count). The molecule has 0 radical (unpaired) electrons. The molecule has 2 aromatic carbocycles. The Morgan fingerprint density at radius 1 is 1.24 bits per heavy atom. The third-order valence-corrected chi connectivity index (χ3v) is 5.03. The number of benzene rings is 2. The predicted octanol–water partition coefficient (Wildman–Crippen LogP) is 3.71. The van der Waals surface area contributed by atoms with Gasteiger partial charge < -0.3 is 10.2 Å². The van der Waals surface area contributed by atoms with Crippen molar-refractivity contribution in [2.45, 2.75) is 32.7 Å². The van der Waals surface area contributed by atoms with Crippen LogP contribution >= 0.6 is 0 Å². The highest BCUT2D eigenvalue weighted by Gasteiger charge is 2.33. The van der Waals surface area contributed by atoms with Crippen molar-refractivity contribution in [3.05, 3.63) is 65.5 Å². The molecule has 1 N–H and O–H groups in total. The second-order valence-electron chi connectivity index (χ2n) is 6.80. The summed E-state index contributed by atoms with van der Waals surface area (Å²) in [7, 11) is 0. The Hall–Kier alpha value is -2.20. The van der Waals surface area contributed by atoms with Crippen molar-refractivity contribution in [3.8, 4) is 0 Å². The van der Waals surface area contributed by atoms with Gasteiger partial charge in [0, 0.05) is 18.3 Å². The molecule has 0 bridgehead atoms. The molecule has 0 saturated carbocycles. The van der Waals surface area contributed by atoms with Gasteiger partial charge in [-0.05, 0) is 62.6 Å². The van der Waals surface area contributed by atoms with Crippen LogP contribution in [0.5, 0.6) is 0 Å². The van der Waals surface area contributed by atoms with Crippen molar-refractivity contribution in [2.75, 3.05) is 18.0 Å². The van der Waals surface area contributed by atoms with Crippen LogP contribution < -0.4 is 10.2 Å². The van der Waals surface area contributed by atoms with Crippen LogP contribution in [0, 0.1) is 18.7 Å². The average molecular weight is 340 g/mol. The SMILES string of the molecule is Cc1cc(N(CCc2ccccc2)C(=O)[C@H]2CCN[C@H]2C)ccc1F. The Kier molecular flexibility index (Phi) is 5.49. The van der Waals surface area contributed by atoms with Gasteiger partial charge in [0.25, 0.3) is 0 Å². The van der Waals surface area contributed by atoms with Crippen LogP contribution in [0.25, 0.3) is 0 Å². The number of carbonyl (C=O) groups excluding carboxylic acids is 1. The molecule has 2 aromatic rings. The summed E-state index contributed by atoms with van der Waals surface area (Å²) < 4.78 is 13.7. The number of nitrogens with one attached hydrogen (secondary N) is 1. The van der Waals surface area contributed by atoms with Crippen LogP contribution in [-0.2, 0) is 11.2 Å². The molecular weight excluding hydrogens is 315 g/mol. The highest BCUT2D eigenvalue weighted by molar-refractivity contribution is 5.95. The van der Waals surface area contributed by atoms with Crippen molar-refractivity contribution in [2.24, 2.45) is 5.92 Å². The topological polar surface area (TPSA) is 32.3 Å². The molecule has 1 saturated heterocycles. The fourth-order valence-electron chi connectivity index (χ4n) is 3.45. The van der Waals surface area contributed by atoms with Gasteiger partial charge in [0.1, 0.15) is 5.82 Å². The number of nitrogens with zero attached hydrogens (tertiary/aromatic N) is 1. The molecule has 1 amide bonds. The molecule has 2 atom stereocenters. The summed E-state index contributed by atoms with van der Waals surface area (Å²) in [4.78, 5) is 15.0. The molecule has 0 aromatic heterocycles. The fraction of sp³-hybridized carbons (Fsp3) is 0.381. The zero-order chi connectivity index (χ0) is 17.8. The summed E-state index contributed by atoms with van der Waals surface area (Å²) in [5.41, 5.74) is 2.53. The molecule has 1 heterocycles. The first-order valence-electron chi connectivity index (χ1n) is 8.91. The molecule has 3 nitrogen and oxygen atoms in total. The Bertz CT molecular complexity index is 732. The summed E-state index contributed by atoms with van der Waals surface area (Å²) in [6.07, 6.45) is 1.62. The lowest BCUT2D eigenvalue weighted by molar-refractivity contribution is -0.122. The molecule has 25 heavy (non-hydrogen) atoms. The highest BCUT2D eigenvalue weighted by atomic mass is 19.1. The van der Waals surface area contributed by atoms with Crippen LogP contribution in [0.15, 0.2) is 48.5 Å². The van der Waals surface area contributed by atoms with Gasteiger partial charge in [0.05, 0.1) is 5.92 Å². The van der Waals surface area contributed by atoms with E-state index in [9.17, 15) is 9.18 Å². The van der Waals surface area contributed by atoms with Crippen LogP contribution in [0.2, 0.25) is 0 Å². The molecule has 4 heteroatoms. The number of carbonyl (C=O) groups is 1. The number of amides is 1. The Morgan fingerprint density at radius 2 is 2.00 bits per heavy atom. The van der Waals surface area contributed by atoms with Gasteiger partial charge >= 0.3 is 0 Å². The zero-order valence-corrected chi connectivity index (χ0v) is 14.8. The van der Waals surface area contributed by atoms with Crippen molar-refractivity contribution in [1.82, 2.24) is 5.32 Å². The first-order valence-corrected chi connectivity index (χ1v) is 8.91. The zero-order valence-electron chi connectivity index (χ0n) is 14.8. The number of hydrogen-bond donors (Lipinski definition) is 1. The average Bonchev–Trinajstić information content (AvgIpc) is 3.05. The summed E-state index contributed by atoms with van der Waals surface area (Å²) in [6, 6.07) is 15.2. The molecular formula is C21H25FN2O. The van der Waals surface area contributed by atoms with E-state index in [0.29, 0.717) is 12.1 Å². The quantitative estimate of drug-likeness (QED) is 0.900. The number of aryl methyl sites for hydroxylation is 1. The summed E-state index contributed by atoms with van der Waals surface area (Å²) in [6.45, 7) is 5.25. The lowest BCUT2D eigenvalue weighted by Crippen LogP contribution is -2.41. The summed E-state index contributed by atoms with van der Waals surface area (Å²) in [5, 5.41) is 3.34. The maximum atomic E-state index is 13.7. The van der Waals surface area contributed by atoms with Gasteiger partial charge in [0.2, 0.25) is 5.91 Å². The minimum absolute atomic E-state index is 0.0267. The third kappa shape index (κ3) is 4.07. The number of rotatable bonds is 5. The smallest absolute Gasteiger partial charge is 0.231 e. The molecule has 0 spiro atoms. The van der Waals surface area contributed by atoms with Gasteiger partial charge in [-0.15, -0.1) is 0 Å². The lowest BCUT2D eigenvalue weighted by Gasteiger charge is -2.28. The fourth-order valence-corrected chi connectivity index (χ4v) is 3.45. The largest absolute Gasteiger partial charge is 0.313 e. The van der Waals surface area contributed by atoms with Crippen molar-refractivity contribution < 1.29 is 9.18 Å². The van der Waals surface area contributed by atoms with E-state index in [1.165, 1.54) is 11.6 Å². The first kappa shape index (κ1) is 17.6. The molecule has 0 aliphatic carbocycles. The van der Waals surface area contributed by atoms with Crippen LogP contribution in [0.1, 0.15) is 24.5 Å². The number of anilines is 1. The summed E-state index contributed by atoms with van der Waals surface area (Å²) in [5.74, 6) is -0.143. The Labute approximate surface area is 148 Å². The molecule has 1 aliphatic rings. The van der Waals surface area contributed by atoms with Crippen LogP contribution in [0.3, 0.4) is 0 Å². The van der Waals surface area contributed by atoms with E-state index >= 15 is 0 Å². The van der Waals surface area contributed by atoms with Gasteiger partial charge in [-0.3, -0.25) is 4.79 Å². The van der Waals surface area contributed by atoms with Crippen molar-refractivity contribution in [3.63, 3.8) is 0 Å².